The zero-order chi connectivity index (χ0) is 17.0. The number of rotatable bonds is 3. The molecule has 0 fully saturated rings. The van der Waals surface area contributed by atoms with E-state index in [2.05, 4.69) is 9.97 Å². The maximum Gasteiger partial charge on any atom is 0.420 e. The van der Waals surface area contributed by atoms with Crippen molar-refractivity contribution in [1.29, 1.82) is 0 Å². The van der Waals surface area contributed by atoms with Gasteiger partial charge in [0, 0.05) is 6.07 Å². The Morgan fingerprint density at radius 3 is 2.35 bits per heavy atom. The third kappa shape index (κ3) is 4.26. The molecule has 0 aliphatic heterocycles. The number of anilines is 2. The molecule has 0 unspecified atom stereocenters. The van der Waals surface area contributed by atoms with Crippen LogP contribution in [0.5, 0.6) is 0 Å². The minimum atomic E-state index is -1.20. The number of amides is 1. The monoisotopic (exact) mass is 315 g/mol. The predicted octanol–water partition coefficient (Wildman–Crippen LogP) is 3.25. The molecule has 0 saturated heterocycles. The van der Waals surface area contributed by atoms with Crippen molar-refractivity contribution in [3.05, 3.63) is 48.4 Å². The molecule has 0 radical (unpaired) electrons. The van der Waals surface area contributed by atoms with Crippen LogP contribution in [0.2, 0.25) is 0 Å². The molecule has 1 aromatic heterocycles. The number of benzene rings is 1. The second-order valence-electron chi connectivity index (χ2n) is 5.72. The topological polar surface area (TPSA) is 92.6 Å². The zero-order valence-electron chi connectivity index (χ0n) is 13.1. The Balaban J connectivity index is 2.48. The largest absolute Gasteiger partial charge is 0.477 e. The number of aromatic carboxylic acids is 1. The number of para-hydroxylation sites is 1. The minimum Gasteiger partial charge on any atom is -0.477 e. The summed E-state index contributed by atoms with van der Waals surface area (Å²) in [6, 6.07) is 9.94. The zero-order valence-corrected chi connectivity index (χ0v) is 13.1. The van der Waals surface area contributed by atoms with E-state index in [4.69, 9.17) is 9.84 Å². The maximum atomic E-state index is 12.5. The normalized spacial score (nSPS) is 10.9. The Hall–Kier alpha value is -2.96. The van der Waals surface area contributed by atoms with Gasteiger partial charge in [0.1, 0.15) is 17.7 Å². The average Bonchev–Trinajstić information content (AvgIpc) is 2.47. The van der Waals surface area contributed by atoms with Crippen molar-refractivity contribution in [3.63, 3.8) is 0 Å². The molecule has 2 rings (SSSR count). The predicted molar refractivity (Wildman–Crippen MR) is 83.8 cm³/mol. The van der Waals surface area contributed by atoms with Crippen LogP contribution in [-0.4, -0.2) is 32.7 Å². The van der Waals surface area contributed by atoms with E-state index in [0.29, 0.717) is 5.69 Å². The highest BCUT2D eigenvalue weighted by Gasteiger charge is 2.26. The summed E-state index contributed by atoms with van der Waals surface area (Å²) in [7, 11) is 0. The number of aromatic nitrogens is 2. The summed E-state index contributed by atoms with van der Waals surface area (Å²) in [6.07, 6.45) is 0.442. The van der Waals surface area contributed by atoms with Crippen molar-refractivity contribution < 1.29 is 19.4 Å². The lowest BCUT2D eigenvalue weighted by atomic mass is 10.2. The molecule has 0 bridgehead atoms. The van der Waals surface area contributed by atoms with Crippen LogP contribution in [0.15, 0.2) is 42.7 Å². The van der Waals surface area contributed by atoms with Crippen molar-refractivity contribution in [1.82, 2.24) is 9.97 Å². The Kier molecular flexibility index (Phi) is 4.59. The van der Waals surface area contributed by atoms with Gasteiger partial charge in [-0.05, 0) is 32.9 Å². The van der Waals surface area contributed by atoms with Crippen LogP contribution in [0.4, 0.5) is 16.3 Å². The fourth-order valence-electron chi connectivity index (χ4n) is 1.80. The summed E-state index contributed by atoms with van der Waals surface area (Å²) >= 11 is 0. The van der Waals surface area contributed by atoms with Crippen LogP contribution >= 0.6 is 0 Å². The first-order chi connectivity index (χ1) is 10.8. The van der Waals surface area contributed by atoms with Crippen molar-refractivity contribution in [3.8, 4) is 0 Å². The number of nitrogens with zero attached hydrogens (tertiary/aromatic N) is 3. The highest BCUT2D eigenvalue weighted by atomic mass is 16.6. The van der Waals surface area contributed by atoms with Crippen LogP contribution in [0.1, 0.15) is 31.3 Å². The summed E-state index contributed by atoms with van der Waals surface area (Å²) in [5, 5.41) is 9.06. The lowest BCUT2D eigenvalue weighted by Gasteiger charge is -2.26. The first-order valence-electron chi connectivity index (χ1n) is 6.91. The molecule has 120 valence electrons. The van der Waals surface area contributed by atoms with Gasteiger partial charge in [0.15, 0.2) is 5.69 Å². The number of carboxylic acid groups (broad SMARTS) is 1. The second-order valence-corrected chi connectivity index (χ2v) is 5.72. The van der Waals surface area contributed by atoms with Gasteiger partial charge >= 0.3 is 12.1 Å². The van der Waals surface area contributed by atoms with Gasteiger partial charge in [-0.25, -0.2) is 24.5 Å². The van der Waals surface area contributed by atoms with Gasteiger partial charge in [0.05, 0.1) is 5.69 Å². The number of hydrogen-bond donors (Lipinski definition) is 1. The number of carbonyl (C=O) groups excluding carboxylic acids is 1. The molecular formula is C16H17N3O4. The summed E-state index contributed by atoms with van der Waals surface area (Å²) in [6.45, 7) is 5.24. The van der Waals surface area contributed by atoms with E-state index in [1.165, 1.54) is 11.0 Å². The van der Waals surface area contributed by atoms with E-state index in [9.17, 15) is 9.59 Å². The van der Waals surface area contributed by atoms with Crippen LogP contribution in [0, 0.1) is 0 Å². The number of carbonyl (C=O) groups is 2. The Labute approximate surface area is 133 Å². The summed E-state index contributed by atoms with van der Waals surface area (Å²) in [4.78, 5) is 32.5. The lowest BCUT2D eigenvalue weighted by Crippen LogP contribution is -2.34. The SMILES string of the molecule is CC(C)(C)OC(=O)N(c1ccccc1)c1cc(C(=O)O)ncn1. The second kappa shape index (κ2) is 6.43. The summed E-state index contributed by atoms with van der Waals surface area (Å²) in [5.41, 5.74) is -0.400. The van der Waals surface area contributed by atoms with Gasteiger partial charge in [0.2, 0.25) is 0 Å². The van der Waals surface area contributed by atoms with Crippen molar-refractivity contribution >= 4 is 23.6 Å². The van der Waals surface area contributed by atoms with E-state index in [1.54, 1.807) is 51.1 Å². The van der Waals surface area contributed by atoms with Crippen LogP contribution in [-0.2, 0) is 4.74 Å². The lowest BCUT2D eigenvalue weighted by molar-refractivity contribution is 0.0595. The van der Waals surface area contributed by atoms with Gasteiger partial charge in [0.25, 0.3) is 0 Å². The molecule has 1 heterocycles. The summed E-state index contributed by atoms with van der Waals surface area (Å²) in [5.74, 6) is -1.08. The molecule has 0 aliphatic carbocycles. The smallest absolute Gasteiger partial charge is 0.420 e. The third-order valence-electron chi connectivity index (χ3n) is 2.69. The Morgan fingerprint density at radius 2 is 1.78 bits per heavy atom. The van der Waals surface area contributed by atoms with Gasteiger partial charge in [-0.15, -0.1) is 0 Å². The average molecular weight is 315 g/mol. The molecule has 23 heavy (non-hydrogen) atoms. The summed E-state index contributed by atoms with van der Waals surface area (Å²) < 4.78 is 5.39. The molecule has 0 aliphatic rings. The van der Waals surface area contributed by atoms with Crippen LogP contribution in [0.25, 0.3) is 0 Å². The Bertz CT molecular complexity index is 711. The molecule has 7 nitrogen and oxygen atoms in total. The fourth-order valence-corrected chi connectivity index (χ4v) is 1.80. The Morgan fingerprint density at radius 1 is 1.13 bits per heavy atom. The van der Waals surface area contributed by atoms with E-state index < -0.39 is 17.7 Å². The molecule has 2 aromatic rings. The van der Waals surface area contributed by atoms with E-state index in [0.717, 1.165) is 6.33 Å². The molecule has 1 amide bonds. The standard InChI is InChI=1S/C16H17N3O4/c1-16(2,3)23-15(22)19(11-7-5-4-6-8-11)13-9-12(14(20)21)17-10-18-13/h4-10H,1-3H3,(H,20,21). The maximum absolute atomic E-state index is 12.5. The van der Waals surface area contributed by atoms with Crippen LogP contribution in [0.3, 0.4) is 0 Å². The van der Waals surface area contributed by atoms with Crippen LogP contribution < -0.4 is 4.90 Å². The van der Waals surface area contributed by atoms with Gasteiger partial charge in [-0.3, -0.25) is 0 Å². The van der Waals surface area contributed by atoms with Gasteiger partial charge in [-0.2, -0.15) is 0 Å². The van der Waals surface area contributed by atoms with E-state index >= 15 is 0 Å². The highest BCUT2D eigenvalue weighted by molar-refractivity contribution is 5.96. The van der Waals surface area contributed by atoms with Gasteiger partial charge in [-0.1, -0.05) is 18.2 Å². The first-order valence-corrected chi connectivity index (χ1v) is 6.91. The molecule has 1 aromatic carbocycles. The highest BCUT2D eigenvalue weighted by Crippen LogP contribution is 2.26. The molecule has 7 heteroatoms. The number of ether oxygens (including phenoxy) is 1. The quantitative estimate of drug-likeness (QED) is 0.934. The van der Waals surface area contributed by atoms with E-state index in [-0.39, 0.29) is 11.5 Å². The minimum absolute atomic E-state index is 0.123. The molecule has 0 saturated carbocycles. The molecular weight excluding hydrogens is 298 g/mol. The fraction of sp³-hybridized carbons (Fsp3) is 0.250. The van der Waals surface area contributed by atoms with Gasteiger partial charge < -0.3 is 9.84 Å². The van der Waals surface area contributed by atoms with Crippen molar-refractivity contribution in [2.75, 3.05) is 4.90 Å². The molecule has 1 N–H and O–H groups in total. The van der Waals surface area contributed by atoms with Crippen molar-refractivity contribution in [2.24, 2.45) is 0 Å². The number of carboxylic acids is 1. The molecule has 0 spiro atoms. The van der Waals surface area contributed by atoms with Crippen molar-refractivity contribution in [2.45, 2.75) is 26.4 Å². The van der Waals surface area contributed by atoms with E-state index in [1.807, 2.05) is 0 Å². The molecule has 0 atom stereocenters. The third-order valence-corrected chi connectivity index (χ3v) is 2.69. The first kappa shape index (κ1) is 16.4. The number of hydrogen-bond acceptors (Lipinski definition) is 5.